The predicted molar refractivity (Wildman–Crippen MR) is 63.5 cm³/mol. The van der Waals surface area contributed by atoms with Crippen molar-refractivity contribution in [1.82, 2.24) is 4.98 Å². The lowest BCUT2D eigenvalue weighted by molar-refractivity contribution is -0.142. The highest BCUT2D eigenvalue weighted by Gasteiger charge is 2.09. The molecular weight excluding hydrogens is 226 g/mol. The smallest absolute Gasteiger partial charge is 0.302 e. The molecule has 16 heavy (non-hydrogen) atoms. The maximum atomic E-state index is 10.8. The molecule has 0 saturated carbocycles. The summed E-state index contributed by atoms with van der Waals surface area (Å²) in [6, 6.07) is 5.62. The monoisotopic (exact) mass is 237 g/mol. The topological polar surface area (TPSA) is 42.1 Å². The number of aryl methyl sites for hydroxylation is 1. The number of hydrogen-bond donors (Lipinski definition) is 1. The van der Waals surface area contributed by atoms with Crippen LogP contribution >= 0.6 is 11.6 Å². The molecule has 84 valence electrons. The van der Waals surface area contributed by atoms with Crippen molar-refractivity contribution in [2.45, 2.75) is 20.5 Å². The third kappa shape index (κ3) is 2.04. The summed E-state index contributed by atoms with van der Waals surface area (Å²) >= 11 is 5.94. The van der Waals surface area contributed by atoms with Crippen molar-refractivity contribution in [3.05, 3.63) is 34.5 Å². The van der Waals surface area contributed by atoms with E-state index in [-0.39, 0.29) is 12.6 Å². The fourth-order valence-electron chi connectivity index (χ4n) is 1.71. The van der Waals surface area contributed by atoms with Gasteiger partial charge in [0.15, 0.2) is 0 Å². The van der Waals surface area contributed by atoms with Crippen molar-refractivity contribution in [2.24, 2.45) is 0 Å². The van der Waals surface area contributed by atoms with Gasteiger partial charge in [-0.25, -0.2) is 0 Å². The lowest BCUT2D eigenvalue weighted by Crippen LogP contribution is -1.99. The van der Waals surface area contributed by atoms with Crippen LogP contribution < -0.4 is 0 Å². The van der Waals surface area contributed by atoms with Gasteiger partial charge in [-0.1, -0.05) is 11.6 Å². The number of ether oxygens (including phenoxy) is 1. The zero-order chi connectivity index (χ0) is 11.7. The number of benzene rings is 1. The number of rotatable bonds is 2. The Morgan fingerprint density at radius 2 is 2.25 bits per heavy atom. The maximum Gasteiger partial charge on any atom is 0.302 e. The number of H-pyrrole nitrogens is 1. The molecule has 0 aliphatic heterocycles. The van der Waals surface area contributed by atoms with Crippen molar-refractivity contribution in [3.8, 4) is 0 Å². The molecule has 3 nitrogen and oxygen atoms in total. The Balaban J connectivity index is 2.45. The molecule has 0 amide bonds. The summed E-state index contributed by atoms with van der Waals surface area (Å²) in [5, 5.41) is 1.68. The quantitative estimate of drug-likeness (QED) is 0.815. The lowest BCUT2D eigenvalue weighted by atomic mass is 10.1. The summed E-state index contributed by atoms with van der Waals surface area (Å²) in [5.41, 5.74) is 2.98. The number of hydrogen-bond acceptors (Lipinski definition) is 2. The summed E-state index contributed by atoms with van der Waals surface area (Å²) in [5.74, 6) is -0.282. The van der Waals surface area contributed by atoms with Gasteiger partial charge < -0.3 is 9.72 Å². The Morgan fingerprint density at radius 3 is 2.94 bits per heavy atom. The molecule has 2 aromatic rings. The molecule has 0 aliphatic rings. The van der Waals surface area contributed by atoms with E-state index >= 15 is 0 Å². The Morgan fingerprint density at radius 1 is 1.50 bits per heavy atom. The summed E-state index contributed by atoms with van der Waals surface area (Å²) in [4.78, 5) is 14.0. The molecular formula is C12H12ClNO2. The van der Waals surface area contributed by atoms with Crippen molar-refractivity contribution >= 4 is 28.5 Å². The second-order valence-electron chi connectivity index (χ2n) is 3.70. The molecule has 1 aromatic heterocycles. The van der Waals surface area contributed by atoms with E-state index in [1.807, 2.05) is 25.1 Å². The largest absolute Gasteiger partial charge is 0.461 e. The molecule has 0 bridgehead atoms. The number of carbonyl (C=O) groups excluding carboxylic acids is 1. The SMILES string of the molecule is CC(=O)OCc1c(C)[nH]c2ccc(Cl)cc12. The summed E-state index contributed by atoms with van der Waals surface area (Å²) in [7, 11) is 0. The number of aromatic nitrogens is 1. The van der Waals surface area contributed by atoms with Gasteiger partial charge >= 0.3 is 5.97 Å². The Bertz CT molecular complexity index is 545. The van der Waals surface area contributed by atoms with Gasteiger partial charge in [0.05, 0.1) is 0 Å². The fourth-order valence-corrected chi connectivity index (χ4v) is 1.89. The number of aromatic amines is 1. The van der Waals surface area contributed by atoms with Gasteiger partial charge in [0.25, 0.3) is 0 Å². The van der Waals surface area contributed by atoms with Gasteiger partial charge in [-0.3, -0.25) is 4.79 Å². The van der Waals surface area contributed by atoms with Gasteiger partial charge in [-0.15, -0.1) is 0 Å². The fraction of sp³-hybridized carbons (Fsp3) is 0.250. The molecule has 1 N–H and O–H groups in total. The zero-order valence-electron chi connectivity index (χ0n) is 9.13. The average molecular weight is 238 g/mol. The number of carbonyl (C=O) groups is 1. The lowest BCUT2D eigenvalue weighted by Gasteiger charge is -2.02. The molecule has 0 spiro atoms. The van der Waals surface area contributed by atoms with Gasteiger partial charge in [-0.2, -0.15) is 0 Å². The zero-order valence-corrected chi connectivity index (χ0v) is 9.89. The maximum absolute atomic E-state index is 10.8. The molecule has 1 aromatic carbocycles. The van der Waals surface area contributed by atoms with Crippen LogP contribution in [-0.4, -0.2) is 11.0 Å². The van der Waals surface area contributed by atoms with Crippen molar-refractivity contribution in [2.75, 3.05) is 0 Å². The van der Waals surface area contributed by atoms with Crippen LogP contribution in [0.4, 0.5) is 0 Å². The Labute approximate surface area is 98.4 Å². The Kier molecular flexibility index (Phi) is 2.88. The van der Waals surface area contributed by atoms with Gasteiger partial charge in [0.1, 0.15) is 6.61 Å². The first-order valence-corrected chi connectivity index (χ1v) is 5.36. The highest BCUT2D eigenvalue weighted by molar-refractivity contribution is 6.31. The van der Waals surface area contributed by atoms with Crippen LogP contribution in [0, 0.1) is 6.92 Å². The normalized spacial score (nSPS) is 10.7. The van der Waals surface area contributed by atoms with Gasteiger partial charge in [0, 0.05) is 34.1 Å². The molecule has 0 atom stereocenters. The first-order valence-electron chi connectivity index (χ1n) is 4.98. The molecule has 0 saturated heterocycles. The average Bonchev–Trinajstić information content (AvgIpc) is 2.51. The van der Waals surface area contributed by atoms with E-state index in [0.717, 1.165) is 22.2 Å². The summed E-state index contributed by atoms with van der Waals surface area (Å²) in [6.07, 6.45) is 0. The van der Waals surface area contributed by atoms with E-state index in [4.69, 9.17) is 16.3 Å². The van der Waals surface area contributed by atoms with Crippen LogP contribution in [0.3, 0.4) is 0 Å². The minimum atomic E-state index is -0.282. The van der Waals surface area contributed by atoms with Crippen molar-refractivity contribution < 1.29 is 9.53 Å². The third-order valence-electron chi connectivity index (χ3n) is 2.50. The van der Waals surface area contributed by atoms with Crippen LogP contribution in [0.1, 0.15) is 18.2 Å². The molecule has 1 heterocycles. The summed E-state index contributed by atoms with van der Waals surface area (Å²) < 4.78 is 5.01. The molecule has 0 fully saturated rings. The predicted octanol–water partition coefficient (Wildman–Crippen LogP) is 3.19. The number of esters is 1. The molecule has 0 unspecified atom stereocenters. The van der Waals surface area contributed by atoms with E-state index in [1.54, 1.807) is 0 Å². The first-order chi connectivity index (χ1) is 7.58. The van der Waals surface area contributed by atoms with Crippen molar-refractivity contribution in [3.63, 3.8) is 0 Å². The second kappa shape index (κ2) is 4.18. The number of halogens is 1. The van der Waals surface area contributed by atoms with Crippen LogP contribution in [0.15, 0.2) is 18.2 Å². The third-order valence-corrected chi connectivity index (χ3v) is 2.74. The first kappa shape index (κ1) is 11.0. The van der Waals surface area contributed by atoms with Crippen LogP contribution in [0.2, 0.25) is 5.02 Å². The minimum absolute atomic E-state index is 0.279. The molecule has 0 aliphatic carbocycles. The van der Waals surface area contributed by atoms with Crippen molar-refractivity contribution in [1.29, 1.82) is 0 Å². The van der Waals surface area contributed by atoms with E-state index in [2.05, 4.69) is 4.98 Å². The number of fused-ring (bicyclic) bond motifs is 1. The molecule has 4 heteroatoms. The van der Waals surface area contributed by atoms with E-state index in [9.17, 15) is 4.79 Å². The molecule has 2 rings (SSSR count). The van der Waals surface area contributed by atoms with Gasteiger partial charge in [0.2, 0.25) is 0 Å². The van der Waals surface area contributed by atoms with Gasteiger partial charge in [-0.05, 0) is 25.1 Å². The highest BCUT2D eigenvalue weighted by atomic mass is 35.5. The minimum Gasteiger partial charge on any atom is -0.461 e. The van der Waals surface area contributed by atoms with Crippen LogP contribution in [-0.2, 0) is 16.1 Å². The van der Waals surface area contributed by atoms with E-state index < -0.39 is 0 Å². The standard InChI is InChI=1S/C12H12ClNO2/c1-7-11(6-16-8(2)15)10-5-9(13)3-4-12(10)14-7/h3-5,14H,6H2,1-2H3. The van der Waals surface area contributed by atoms with Crippen LogP contribution in [0.25, 0.3) is 10.9 Å². The van der Waals surface area contributed by atoms with Crippen LogP contribution in [0.5, 0.6) is 0 Å². The van der Waals surface area contributed by atoms with E-state index in [1.165, 1.54) is 6.92 Å². The van der Waals surface area contributed by atoms with E-state index in [0.29, 0.717) is 5.02 Å². The Hall–Kier alpha value is -1.48. The second-order valence-corrected chi connectivity index (χ2v) is 4.14. The molecule has 0 radical (unpaired) electrons. The number of nitrogens with one attached hydrogen (secondary N) is 1. The summed E-state index contributed by atoms with van der Waals surface area (Å²) in [6.45, 7) is 3.63. The highest BCUT2D eigenvalue weighted by Crippen LogP contribution is 2.25.